The first kappa shape index (κ1) is 13.1. The van der Waals surface area contributed by atoms with Crippen LogP contribution in [0.1, 0.15) is 23.9 Å². The number of rotatable bonds is 3. The first-order chi connectivity index (χ1) is 7.28. The lowest BCUT2D eigenvalue weighted by molar-refractivity contribution is -0.138. The minimum Gasteiger partial charge on any atom is -0.444 e. The third-order valence-electron chi connectivity index (χ3n) is 1.71. The number of hydrogen-bond donors (Lipinski definition) is 1. The summed E-state index contributed by atoms with van der Waals surface area (Å²) in [6.45, 7) is 1.28. The number of carbonyl (C=O) groups excluding carboxylic acids is 1. The SMILES string of the molecule is CC(CC(F)(F)F)NC(=O)c1ccc(Br)o1. The van der Waals surface area contributed by atoms with Crippen molar-refractivity contribution >= 4 is 21.8 Å². The van der Waals surface area contributed by atoms with Crippen molar-refractivity contribution in [3.8, 4) is 0 Å². The molecule has 7 heteroatoms. The fourth-order valence-corrected chi connectivity index (χ4v) is 1.44. The van der Waals surface area contributed by atoms with Crippen LogP contribution in [0.5, 0.6) is 0 Å². The van der Waals surface area contributed by atoms with E-state index in [0.717, 1.165) is 0 Å². The van der Waals surface area contributed by atoms with Crippen molar-refractivity contribution in [2.24, 2.45) is 0 Å². The Balaban J connectivity index is 2.52. The monoisotopic (exact) mass is 299 g/mol. The third kappa shape index (κ3) is 4.26. The van der Waals surface area contributed by atoms with Crippen LogP contribution in [-0.4, -0.2) is 18.1 Å². The topological polar surface area (TPSA) is 42.2 Å². The van der Waals surface area contributed by atoms with Gasteiger partial charge in [0.1, 0.15) is 0 Å². The largest absolute Gasteiger partial charge is 0.444 e. The van der Waals surface area contributed by atoms with Gasteiger partial charge in [-0.15, -0.1) is 0 Å². The van der Waals surface area contributed by atoms with Crippen LogP contribution >= 0.6 is 15.9 Å². The number of alkyl halides is 3. The minimum absolute atomic E-state index is 0.0269. The van der Waals surface area contributed by atoms with Crippen molar-refractivity contribution in [1.82, 2.24) is 5.32 Å². The van der Waals surface area contributed by atoms with Crippen molar-refractivity contribution in [3.05, 3.63) is 22.6 Å². The zero-order valence-corrected chi connectivity index (χ0v) is 9.85. The van der Waals surface area contributed by atoms with Gasteiger partial charge in [-0.25, -0.2) is 0 Å². The van der Waals surface area contributed by atoms with E-state index in [-0.39, 0.29) is 5.76 Å². The average Bonchev–Trinajstić information content (AvgIpc) is 2.47. The number of furan rings is 1. The Morgan fingerprint density at radius 1 is 1.56 bits per heavy atom. The van der Waals surface area contributed by atoms with Gasteiger partial charge >= 0.3 is 6.18 Å². The second kappa shape index (κ2) is 4.90. The van der Waals surface area contributed by atoms with E-state index in [2.05, 4.69) is 21.2 Å². The molecule has 0 aliphatic carbocycles. The number of hydrogen-bond acceptors (Lipinski definition) is 2. The summed E-state index contributed by atoms with van der Waals surface area (Å²) in [4.78, 5) is 11.4. The molecule has 1 rings (SSSR count). The van der Waals surface area contributed by atoms with Crippen LogP contribution < -0.4 is 5.32 Å². The van der Waals surface area contributed by atoms with Gasteiger partial charge in [-0.1, -0.05) is 0 Å². The van der Waals surface area contributed by atoms with Crippen LogP contribution in [0.4, 0.5) is 13.2 Å². The molecule has 1 heterocycles. The number of carbonyl (C=O) groups is 1. The van der Waals surface area contributed by atoms with Crippen LogP contribution in [0.25, 0.3) is 0 Å². The molecule has 1 amide bonds. The van der Waals surface area contributed by atoms with Gasteiger partial charge in [0.15, 0.2) is 10.4 Å². The third-order valence-corrected chi connectivity index (χ3v) is 2.14. The number of nitrogens with one attached hydrogen (secondary N) is 1. The molecule has 3 nitrogen and oxygen atoms in total. The summed E-state index contributed by atoms with van der Waals surface area (Å²) < 4.78 is 41.2. The summed E-state index contributed by atoms with van der Waals surface area (Å²) in [7, 11) is 0. The van der Waals surface area contributed by atoms with E-state index >= 15 is 0 Å². The van der Waals surface area contributed by atoms with E-state index in [1.165, 1.54) is 19.1 Å². The van der Waals surface area contributed by atoms with Crippen LogP contribution in [0.2, 0.25) is 0 Å². The fourth-order valence-electron chi connectivity index (χ4n) is 1.13. The van der Waals surface area contributed by atoms with Gasteiger partial charge < -0.3 is 9.73 Å². The molecule has 16 heavy (non-hydrogen) atoms. The molecule has 1 N–H and O–H groups in total. The molecule has 0 aliphatic rings. The standard InChI is InChI=1S/C9H9BrF3NO2/c1-5(4-9(11,12)13)14-8(15)6-2-3-7(10)16-6/h2-3,5H,4H2,1H3,(H,14,15). The van der Waals surface area contributed by atoms with Crippen molar-refractivity contribution < 1.29 is 22.4 Å². The summed E-state index contributed by atoms with van der Waals surface area (Å²) in [6, 6.07) is 1.87. The minimum atomic E-state index is -4.30. The highest BCUT2D eigenvalue weighted by Crippen LogP contribution is 2.21. The van der Waals surface area contributed by atoms with Crippen molar-refractivity contribution in [1.29, 1.82) is 0 Å². The van der Waals surface area contributed by atoms with Gasteiger partial charge in [0.05, 0.1) is 6.42 Å². The maximum absolute atomic E-state index is 12.0. The quantitative estimate of drug-likeness (QED) is 0.932. The highest BCUT2D eigenvalue weighted by atomic mass is 79.9. The van der Waals surface area contributed by atoms with Gasteiger partial charge in [0.2, 0.25) is 0 Å². The average molecular weight is 300 g/mol. The van der Waals surface area contributed by atoms with E-state index < -0.39 is 24.5 Å². The summed E-state index contributed by atoms with van der Waals surface area (Å²) in [6.07, 6.45) is -5.36. The molecule has 0 spiro atoms. The molecule has 90 valence electrons. The predicted molar refractivity (Wildman–Crippen MR) is 54.0 cm³/mol. The van der Waals surface area contributed by atoms with Crippen molar-refractivity contribution in [2.75, 3.05) is 0 Å². The Kier molecular flexibility index (Phi) is 4.01. The highest BCUT2D eigenvalue weighted by molar-refractivity contribution is 9.10. The molecular formula is C9H9BrF3NO2. The lowest BCUT2D eigenvalue weighted by atomic mass is 10.2. The molecule has 0 saturated heterocycles. The van der Waals surface area contributed by atoms with Gasteiger partial charge in [0, 0.05) is 6.04 Å². The zero-order chi connectivity index (χ0) is 12.3. The van der Waals surface area contributed by atoms with Gasteiger partial charge in [-0.3, -0.25) is 4.79 Å². The summed E-state index contributed by atoms with van der Waals surface area (Å²) >= 11 is 2.99. The molecule has 0 aliphatic heterocycles. The molecule has 1 unspecified atom stereocenters. The molecule has 0 aromatic carbocycles. The maximum atomic E-state index is 12.0. The second-order valence-corrected chi connectivity index (χ2v) is 4.08. The first-order valence-corrected chi connectivity index (χ1v) is 5.20. The Bertz CT molecular complexity index is 375. The molecular weight excluding hydrogens is 291 g/mol. The first-order valence-electron chi connectivity index (χ1n) is 4.41. The molecule has 0 radical (unpaired) electrons. The zero-order valence-electron chi connectivity index (χ0n) is 8.27. The normalized spacial score (nSPS) is 13.6. The van der Waals surface area contributed by atoms with Crippen LogP contribution in [0, 0.1) is 0 Å². The number of halogens is 4. The van der Waals surface area contributed by atoms with E-state index in [0.29, 0.717) is 4.67 Å². The molecule has 1 atom stereocenters. The van der Waals surface area contributed by atoms with Crippen LogP contribution in [0.3, 0.4) is 0 Å². The van der Waals surface area contributed by atoms with E-state index in [1.54, 1.807) is 0 Å². The Labute approximate surface area is 98.1 Å². The summed E-state index contributed by atoms with van der Waals surface area (Å²) in [5, 5.41) is 2.19. The van der Waals surface area contributed by atoms with Crippen molar-refractivity contribution in [2.45, 2.75) is 25.6 Å². The fraction of sp³-hybridized carbons (Fsp3) is 0.444. The summed E-state index contributed by atoms with van der Waals surface area (Å²) in [5.41, 5.74) is 0. The molecule has 0 fully saturated rings. The molecule has 0 saturated carbocycles. The molecule has 1 aromatic rings. The molecule has 1 aromatic heterocycles. The lowest BCUT2D eigenvalue weighted by Gasteiger charge is -2.14. The van der Waals surface area contributed by atoms with E-state index in [9.17, 15) is 18.0 Å². The van der Waals surface area contributed by atoms with Crippen LogP contribution in [-0.2, 0) is 0 Å². The Morgan fingerprint density at radius 3 is 2.62 bits per heavy atom. The lowest BCUT2D eigenvalue weighted by Crippen LogP contribution is -2.35. The van der Waals surface area contributed by atoms with E-state index in [1.807, 2.05) is 0 Å². The van der Waals surface area contributed by atoms with Crippen LogP contribution in [0.15, 0.2) is 21.2 Å². The second-order valence-electron chi connectivity index (χ2n) is 3.30. The predicted octanol–water partition coefficient (Wildman–Crippen LogP) is 3.11. The number of amides is 1. The molecule has 0 bridgehead atoms. The van der Waals surface area contributed by atoms with Gasteiger partial charge in [-0.05, 0) is 35.0 Å². The maximum Gasteiger partial charge on any atom is 0.391 e. The smallest absolute Gasteiger partial charge is 0.391 e. The summed E-state index contributed by atoms with van der Waals surface area (Å²) in [5.74, 6) is -0.691. The Morgan fingerprint density at radius 2 is 2.19 bits per heavy atom. The highest BCUT2D eigenvalue weighted by Gasteiger charge is 2.30. The van der Waals surface area contributed by atoms with Gasteiger partial charge in [-0.2, -0.15) is 13.2 Å². The van der Waals surface area contributed by atoms with Crippen molar-refractivity contribution in [3.63, 3.8) is 0 Å². The Hall–Kier alpha value is -0.980. The van der Waals surface area contributed by atoms with Gasteiger partial charge in [0.25, 0.3) is 5.91 Å². The van der Waals surface area contributed by atoms with E-state index in [4.69, 9.17) is 4.42 Å².